The van der Waals surface area contributed by atoms with E-state index in [4.69, 9.17) is 4.74 Å². The van der Waals surface area contributed by atoms with Gasteiger partial charge in [-0.05, 0) is 62.8 Å². The molecule has 1 aliphatic carbocycles. The summed E-state index contributed by atoms with van der Waals surface area (Å²) in [5.41, 5.74) is 1.34. The van der Waals surface area contributed by atoms with E-state index in [9.17, 15) is 0 Å². The van der Waals surface area contributed by atoms with Gasteiger partial charge in [0.15, 0.2) is 0 Å². The maximum atomic E-state index is 5.66. The molecule has 2 heteroatoms. The fourth-order valence-electron chi connectivity index (χ4n) is 3.32. The first kappa shape index (κ1) is 16.4. The Bertz CT molecular complexity index is 399. The van der Waals surface area contributed by atoms with Gasteiger partial charge in [-0.2, -0.15) is 0 Å². The molecule has 1 fully saturated rings. The van der Waals surface area contributed by atoms with Crippen molar-refractivity contribution in [2.75, 3.05) is 6.54 Å². The van der Waals surface area contributed by atoms with Gasteiger partial charge in [-0.25, -0.2) is 0 Å². The van der Waals surface area contributed by atoms with Gasteiger partial charge in [0.2, 0.25) is 0 Å². The zero-order chi connectivity index (χ0) is 15.1. The summed E-state index contributed by atoms with van der Waals surface area (Å²) in [6.07, 6.45) is 7.32. The minimum atomic E-state index is 0.242. The van der Waals surface area contributed by atoms with Crippen LogP contribution in [0.5, 0.6) is 5.75 Å². The minimum absolute atomic E-state index is 0.242. The van der Waals surface area contributed by atoms with Crippen LogP contribution in [0.3, 0.4) is 0 Å². The number of hydrogen-bond donors (Lipinski definition) is 1. The van der Waals surface area contributed by atoms with E-state index in [1.54, 1.807) is 0 Å². The lowest BCUT2D eigenvalue weighted by Crippen LogP contribution is -2.21. The molecule has 0 aromatic heterocycles. The summed E-state index contributed by atoms with van der Waals surface area (Å²) in [6.45, 7) is 8.62. The Balaban J connectivity index is 1.64. The first-order valence-electron chi connectivity index (χ1n) is 8.60. The molecule has 1 aromatic carbocycles. The molecule has 2 atom stereocenters. The van der Waals surface area contributed by atoms with Gasteiger partial charge in [0.1, 0.15) is 5.75 Å². The molecule has 1 aromatic rings. The Kier molecular flexibility index (Phi) is 6.56. The van der Waals surface area contributed by atoms with Crippen molar-refractivity contribution >= 4 is 0 Å². The van der Waals surface area contributed by atoms with Crippen molar-refractivity contribution in [2.24, 2.45) is 11.8 Å². The van der Waals surface area contributed by atoms with Gasteiger partial charge in [0.25, 0.3) is 0 Å². The van der Waals surface area contributed by atoms with Crippen LogP contribution in [-0.2, 0) is 6.54 Å². The second-order valence-corrected chi connectivity index (χ2v) is 6.91. The molecule has 0 aliphatic heterocycles. The third-order valence-corrected chi connectivity index (χ3v) is 4.40. The monoisotopic (exact) mass is 289 g/mol. The van der Waals surface area contributed by atoms with E-state index in [0.29, 0.717) is 0 Å². The van der Waals surface area contributed by atoms with Crippen molar-refractivity contribution in [1.82, 2.24) is 5.32 Å². The lowest BCUT2D eigenvalue weighted by molar-refractivity contribution is 0.242. The fraction of sp³-hybridized carbons (Fsp3) is 0.684. The molecule has 1 aliphatic rings. The van der Waals surface area contributed by atoms with Crippen LogP contribution in [0.25, 0.3) is 0 Å². The molecule has 2 unspecified atom stereocenters. The fourth-order valence-corrected chi connectivity index (χ4v) is 3.32. The first-order valence-corrected chi connectivity index (χ1v) is 8.60. The van der Waals surface area contributed by atoms with Gasteiger partial charge >= 0.3 is 0 Å². The third kappa shape index (κ3) is 6.09. The molecule has 118 valence electrons. The first-order chi connectivity index (χ1) is 10.1. The van der Waals surface area contributed by atoms with Gasteiger partial charge < -0.3 is 10.1 Å². The normalized spacial score (nSPS) is 22.5. The van der Waals surface area contributed by atoms with Crippen LogP contribution in [0.1, 0.15) is 58.4 Å². The maximum absolute atomic E-state index is 5.66. The summed E-state index contributed by atoms with van der Waals surface area (Å²) < 4.78 is 5.66. The Hall–Kier alpha value is -1.02. The summed E-state index contributed by atoms with van der Waals surface area (Å²) in [5.74, 6) is 2.85. The molecule has 2 nitrogen and oxygen atoms in total. The standard InChI is InChI=1S/C19H31NO/c1-15(2)21-19-9-7-18(8-10-19)14-20-12-11-17-6-4-5-16(3)13-17/h7-10,15-17,20H,4-6,11-14H2,1-3H3. The Morgan fingerprint density at radius 2 is 1.95 bits per heavy atom. The Morgan fingerprint density at radius 3 is 2.62 bits per heavy atom. The minimum Gasteiger partial charge on any atom is -0.491 e. The number of rotatable bonds is 7. The number of hydrogen-bond acceptors (Lipinski definition) is 2. The van der Waals surface area contributed by atoms with Crippen LogP contribution in [0.4, 0.5) is 0 Å². The lowest BCUT2D eigenvalue weighted by Gasteiger charge is -2.26. The molecular weight excluding hydrogens is 258 g/mol. The van der Waals surface area contributed by atoms with Gasteiger partial charge in [-0.3, -0.25) is 0 Å². The van der Waals surface area contributed by atoms with E-state index < -0.39 is 0 Å². The van der Waals surface area contributed by atoms with E-state index in [0.717, 1.165) is 30.7 Å². The van der Waals surface area contributed by atoms with Crippen molar-refractivity contribution < 1.29 is 4.74 Å². The van der Waals surface area contributed by atoms with Gasteiger partial charge in [0, 0.05) is 6.54 Å². The molecular formula is C19H31NO. The van der Waals surface area contributed by atoms with Gasteiger partial charge in [-0.1, -0.05) is 38.3 Å². The molecule has 21 heavy (non-hydrogen) atoms. The van der Waals surface area contributed by atoms with Crippen LogP contribution in [0.2, 0.25) is 0 Å². The van der Waals surface area contributed by atoms with Crippen molar-refractivity contribution in [3.05, 3.63) is 29.8 Å². The van der Waals surface area contributed by atoms with Gasteiger partial charge in [-0.15, -0.1) is 0 Å². The predicted octanol–water partition coefficient (Wildman–Crippen LogP) is 4.78. The largest absolute Gasteiger partial charge is 0.491 e. The van der Waals surface area contributed by atoms with E-state index in [1.165, 1.54) is 37.7 Å². The molecule has 0 radical (unpaired) electrons. The third-order valence-electron chi connectivity index (χ3n) is 4.40. The van der Waals surface area contributed by atoms with Crippen LogP contribution in [0.15, 0.2) is 24.3 Å². The summed E-state index contributed by atoms with van der Waals surface area (Å²) in [6, 6.07) is 8.46. The van der Waals surface area contributed by atoms with Crippen LogP contribution in [0, 0.1) is 11.8 Å². The van der Waals surface area contributed by atoms with Gasteiger partial charge in [0.05, 0.1) is 6.10 Å². The quantitative estimate of drug-likeness (QED) is 0.729. The Morgan fingerprint density at radius 1 is 1.19 bits per heavy atom. The second kappa shape index (κ2) is 8.43. The summed E-state index contributed by atoms with van der Waals surface area (Å²) in [7, 11) is 0. The van der Waals surface area contributed by atoms with E-state index >= 15 is 0 Å². The zero-order valence-electron chi connectivity index (χ0n) is 13.9. The number of ether oxygens (including phenoxy) is 1. The highest BCUT2D eigenvalue weighted by Crippen LogP contribution is 2.30. The van der Waals surface area contributed by atoms with Crippen molar-refractivity contribution in [2.45, 2.75) is 65.5 Å². The van der Waals surface area contributed by atoms with E-state index in [-0.39, 0.29) is 6.10 Å². The van der Waals surface area contributed by atoms with Crippen LogP contribution in [-0.4, -0.2) is 12.6 Å². The van der Waals surface area contributed by atoms with Crippen molar-refractivity contribution in [3.63, 3.8) is 0 Å². The Labute approximate surface area is 130 Å². The molecule has 1 N–H and O–H groups in total. The average Bonchev–Trinajstić information content (AvgIpc) is 2.45. The second-order valence-electron chi connectivity index (χ2n) is 6.91. The molecule has 1 saturated carbocycles. The zero-order valence-corrected chi connectivity index (χ0v) is 13.9. The molecule has 0 spiro atoms. The summed E-state index contributed by atoms with van der Waals surface area (Å²) >= 11 is 0. The van der Waals surface area contributed by atoms with Crippen molar-refractivity contribution in [3.8, 4) is 5.75 Å². The predicted molar refractivity (Wildman–Crippen MR) is 89.7 cm³/mol. The van der Waals surface area contributed by atoms with Crippen LogP contribution < -0.4 is 10.1 Å². The number of nitrogens with one attached hydrogen (secondary N) is 1. The van der Waals surface area contributed by atoms with E-state index in [2.05, 4.69) is 50.4 Å². The molecule has 2 rings (SSSR count). The maximum Gasteiger partial charge on any atom is 0.119 e. The molecule has 0 saturated heterocycles. The molecule has 0 heterocycles. The average molecular weight is 289 g/mol. The smallest absolute Gasteiger partial charge is 0.119 e. The highest BCUT2D eigenvalue weighted by molar-refractivity contribution is 5.27. The van der Waals surface area contributed by atoms with Crippen LogP contribution >= 0.6 is 0 Å². The molecule has 0 amide bonds. The molecule has 0 bridgehead atoms. The number of benzene rings is 1. The topological polar surface area (TPSA) is 21.3 Å². The van der Waals surface area contributed by atoms with E-state index in [1.807, 2.05) is 0 Å². The highest BCUT2D eigenvalue weighted by atomic mass is 16.5. The van der Waals surface area contributed by atoms with Crippen molar-refractivity contribution in [1.29, 1.82) is 0 Å². The summed E-state index contributed by atoms with van der Waals surface area (Å²) in [5, 5.41) is 3.58. The highest BCUT2D eigenvalue weighted by Gasteiger charge is 2.17. The lowest BCUT2D eigenvalue weighted by atomic mass is 9.81. The summed E-state index contributed by atoms with van der Waals surface area (Å²) in [4.78, 5) is 0. The SMILES string of the molecule is CC1CCCC(CCNCc2ccc(OC(C)C)cc2)C1.